The Morgan fingerprint density at radius 2 is 1.62 bits per heavy atom. The summed E-state index contributed by atoms with van der Waals surface area (Å²) in [7, 11) is -1.72. The van der Waals surface area contributed by atoms with E-state index in [0.29, 0.717) is 12.4 Å². The molecule has 2 N–H and O–H groups in total. The third-order valence-electron chi connectivity index (χ3n) is 1.68. The molecule has 0 heterocycles. The molecule has 0 spiro atoms. The molecule has 5 heteroatoms. The summed E-state index contributed by atoms with van der Waals surface area (Å²) in [6.45, 7) is 9.01. The van der Waals surface area contributed by atoms with Crippen molar-refractivity contribution in [3.05, 3.63) is 0 Å². The number of rotatable bonds is 8. The molecule has 0 aromatic rings. The van der Waals surface area contributed by atoms with Gasteiger partial charge in [0.2, 0.25) is 0 Å². The minimum atomic E-state index is -1.72. The monoisotopic (exact) mass is 253 g/mol. The van der Waals surface area contributed by atoms with Crippen LogP contribution < -0.4 is 0 Å². The number of hydrogen-bond acceptors (Lipinski definition) is 4. The highest BCUT2D eigenvalue weighted by Crippen LogP contribution is 1.93. The van der Waals surface area contributed by atoms with Crippen LogP contribution in [0, 0.1) is 4.78 Å². The van der Waals surface area contributed by atoms with Crippen LogP contribution in [0.3, 0.4) is 0 Å². The van der Waals surface area contributed by atoms with Crippen molar-refractivity contribution in [1.82, 2.24) is 0 Å². The van der Waals surface area contributed by atoms with E-state index >= 15 is 0 Å². The Morgan fingerprint density at radius 3 is 1.94 bits per heavy atom. The van der Waals surface area contributed by atoms with Gasteiger partial charge < -0.3 is 14.6 Å². The lowest BCUT2D eigenvalue weighted by molar-refractivity contribution is 0.149. The summed E-state index contributed by atoms with van der Waals surface area (Å²) < 4.78 is 17.4. The number of nitrogens with one attached hydrogen (secondary N) is 1. The highest BCUT2D eigenvalue weighted by atomic mass is 32.2. The number of ether oxygens (including phenoxy) is 2. The molecule has 0 rings (SSSR count). The molecular formula is C11H27NO3S. The third kappa shape index (κ3) is 16.3. The van der Waals surface area contributed by atoms with Gasteiger partial charge in [-0.25, -0.2) is 0 Å². The fourth-order valence-electron chi connectivity index (χ4n) is 0.850. The normalized spacial score (nSPS) is 13.8. The lowest BCUT2D eigenvalue weighted by Crippen LogP contribution is -2.10. The standard InChI is InChI=1S/C7H17NO2S.C4H10O/c1-3-10-5-4-6-11(2,8)7-9;1-3-5-4-2/h8-9H,2-7H2,1H3;3-4H2,1-2H3. The van der Waals surface area contributed by atoms with Gasteiger partial charge in [0.15, 0.2) is 0 Å². The van der Waals surface area contributed by atoms with E-state index in [4.69, 9.17) is 19.4 Å². The van der Waals surface area contributed by atoms with Crippen molar-refractivity contribution in [3.63, 3.8) is 0 Å². The number of hydrogen-bond donors (Lipinski definition) is 2. The van der Waals surface area contributed by atoms with Gasteiger partial charge in [-0.15, -0.1) is 9.41 Å². The first-order valence-electron chi connectivity index (χ1n) is 5.66. The lowest BCUT2D eigenvalue weighted by atomic mass is 10.5. The van der Waals surface area contributed by atoms with Crippen molar-refractivity contribution < 1.29 is 14.6 Å². The third-order valence-corrected chi connectivity index (χ3v) is 3.25. The van der Waals surface area contributed by atoms with E-state index in [1.54, 1.807) is 0 Å². The van der Waals surface area contributed by atoms with Gasteiger partial charge in [-0.2, -0.15) is 0 Å². The van der Waals surface area contributed by atoms with E-state index in [1.807, 2.05) is 20.8 Å². The summed E-state index contributed by atoms with van der Waals surface area (Å²) in [5.41, 5.74) is 0. The van der Waals surface area contributed by atoms with Gasteiger partial charge in [-0.05, 0) is 27.2 Å². The van der Waals surface area contributed by atoms with Crippen LogP contribution in [0.5, 0.6) is 0 Å². The Labute approximate surface area is 100 Å². The summed E-state index contributed by atoms with van der Waals surface area (Å²) in [4.78, 5) is 0. The van der Waals surface area contributed by atoms with Crippen LogP contribution in [0.1, 0.15) is 27.2 Å². The average Bonchev–Trinajstić information content (AvgIpc) is 2.27. The zero-order chi connectivity index (χ0) is 12.9. The first kappa shape index (κ1) is 18.3. The molecule has 0 aliphatic carbocycles. The van der Waals surface area contributed by atoms with Gasteiger partial charge in [0.1, 0.15) is 0 Å². The second-order valence-corrected chi connectivity index (χ2v) is 5.97. The minimum Gasteiger partial charge on any atom is -0.385 e. The summed E-state index contributed by atoms with van der Waals surface area (Å²) in [6, 6.07) is 0. The molecule has 0 bridgehead atoms. The first-order valence-corrected chi connectivity index (χ1v) is 7.80. The number of aliphatic hydroxyl groups is 1. The molecule has 100 valence electrons. The van der Waals surface area contributed by atoms with Gasteiger partial charge >= 0.3 is 0 Å². The van der Waals surface area contributed by atoms with Crippen LogP contribution >= 0.6 is 0 Å². The average molecular weight is 253 g/mol. The van der Waals surface area contributed by atoms with E-state index < -0.39 is 9.41 Å². The molecule has 0 radical (unpaired) electrons. The summed E-state index contributed by atoms with van der Waals surface area (Å²) >= 11 is 0. The molecule has 0 aliphatic rings. The van der Waals surface area contributed by atoms with Crippen molar-refractivity contribution >= 4 is 15.3 Å². The lowest BCUT2D eigenvalue weighted by Gasteiger charge is -2.07. The summed E-state index contributed by atoms with van der Waals surface area (Å²) in [5.74, 6) is 4.20. The van der Waals surface area contributed by atoms with Gasteiger partial charge in [0.05, 0.1) is 5.94 Å². The molecule has 1 unspecified atom stereocenters. The fourth-order valence-corrected chi connectivity index (χ4v) is 1.65. The van der Waals surface area contributed by atoms with E-state index in [9.17, 15) is 0 Å². The highest BCUT2D eigenvalue weighted by molar-refractivity contribution is 8.01. The maximum absolute atomic E-state index is 8.70. The molecule has 16 heavy (non-hydrogen) atoms. The van der Waals surface area contributed by atoms with Crippen LogP contribution in [-0.4, -0.2) is 49.1 Å². The van der Waals surface area contributed by atoms with Crippen LogP contribution in [-0.2, 0) is 18.9 Å². The Morgan fingerprint density at radius 1 is 1.12 bits per heavy atom. The minimum absolute atomic E-state index is 0.0981. The first-order chi connectivity index (χ1) is 7.54. The molecule has 0 amide bonds. The van der Waals surface area contributed by atoms with E-state index in [1.165, 1.54) is 0 Å². The molecule has 1 atom stereocenters. The number of aliphatic hydroxyl groups excluding tert-OH is 1. The Kier molecular flexibility index (Phi) is 14.8. The predicted molar refractivity (Wildman–Crippen MR) is 72.4 cm³/mol. The molecule has 0 fully saturated rings. The molecule has 0 saturated heterocycles. The van der Waals surface area contributed by atoms with Crippen LogP contribution in [0.25, 0.3) is 0 Å². The smallest absolute Gasteiger partial charge is 0.0928 e. The molecule has 0 aromatic carbocycles. The maximum atomic E-state index is 8.70. The van der Waals surface area contributed by atoms with Crippen molar-refractivity contribution in [2.24, 2.45) is 0 Å². The van der Waals surface area contributed by atoms with Gasteiger partial charge in [0.25, 0.3) is 0 Å². The van der Waals surface area contributed by atoms with Crippen LogP contribution in [0.4, 0.5) is 0 Å². The van der Waals surface area contributed by atoms with Gasteiger partial charge in [-0.3, -0.25) is 4.78 Å². The Balaban J connectivity index is 0. The maximum Gasteiger partial charge on any atom is 0.0928 e. The molecular weight excluding hydrogens is 226 g/mol. The highest BCUT2D eigenvalue weighted by Gasteiger charge is 1.96. The van der Waals surface area contributed by atoms with Crippen molar-refractivity contribution in [1.29, 1.82) is 4.78 Å². The zero-order valence-corrected chi connectivity index (χ0v) is 11.6. The van der Waals surface area contributed by atoms with Gasteiger partial charge in [0, 0.05) is 32.2 Å². The molecule has 0 saturated carbocycles. The topological polar surface area (TPSA) is 62.5 Å². The second-order valence-electron chi connectivity index (χ2n) is 3.21. The van der Waals surface area contributed by atoms with Gasteiger partial charge in [-0.1, -0.05) is 5.87 Å². The fraction of sp³-hybridized carbons (Fsp3) is 0.909. The van der Waals surface area contributed by atoms with E-state index in [0.717, 1.165) is 26.2 Å². The van der Waals surface area contributed by atoms with Crippen molar-refractivity contribution in [2.45, 2.75) is 27.2 Å². The SMILES string of the molecule is C=S(=N)(CO)CCCOCC.CCOCC. The quantitative estimate of drug-likeness (QED) is 0.512. The Hall–Kier alpha value is -0.100. The predicted octanol–water partition coefficient (Wildman–Crippen LogP) is 1.75. The van der Waals surface area contributed by atoms with Crippen LogP contribution in [0.2, 0.25) is 0 Å². The van der Waals surface area contributed by atoms with Crippen molar-refractivity contribution in [3.8, 4) is 0 Å². The van der Waals surface area contributed by atoms with Crippen molar-refractivity contribution in [2.75, 3.05) is 38.1 Å². The largest absolute Gasteiger partial charge is 0.385 e. The second kappa shape index (κ2) is 13.0. The summed E-state index contributed by atoms with van der Waals surface area (Å²) in [6.07, 6.45) is 0.830. The molecule has 4 nitrogen and oxygen atoms in total. The zero-order valence-electron chi connectivity index (χ0n) is 10.8. The molecule has 0 aliphatic heterocycles. The summed E-state index contributed by atoms with van der Waals surface area (Å²) in [5, 5.41) is 8.70. The van der Waals surface area contributed by atoms with E-state index in [2.05, 4.69) is 5.87 Å². The van der Waals surface area contributed by atoms with Crippen LogP contribution in [0.15, 0.2) is 0 Å². The Bertz CT molecular complexity index is 213. The van der Waals surface area contributed by atoms with E-state index in [-0.39, 0.29) is 5.94 Å². The molecule has 0 aromatic heterocycles.